The van der Waals surface area contributed by atoms with Crippen molar-refractivity contribution in [2.24, 2.45) is 0 Å². The summed E-state index contributed by atoms with van der Waals surface area (Å²) >= 11 is 3.35. The van der Waals surface area contributed by atoms with E-state index >= 15 is 0 Å². The molecule has 3 nitrogen and oxygen atoms in total. The summed E-state index contributed by atoms with van der Waals surface area (Å²) in [7, 11) is 1.26. The highest BCUT2D eigenvalue weighted by Crippen LogP contribution is 2.08. The lowest BCUT2D eigenvalue weighted by Crippen LogP contribution is -2.02. The van der Waals surface area contributed by atoms with Crippen LogP contribution >= 0.6 is 15.9 Å². The third-order valence-corrected chi connectivity index (χ3v) is 3.53. The smallest absolute Gasteiger partial charge is 0.438 e. The SMILES string of the molecule is C=CCOC(=O)OC.C=CCc1ccc(C)cc1.Cc1ccc(Br)cc1. The fraction of sp³-hybridized carbons (Fsp3) is 0.227. The molecule has 0 atom stereocenters. The first kappa shape index (κ1) is 23.7. The van der Waals surface area contributed by atoms with Crippen LogP contribution in [0.15, 0.2) is 78.3 Å². The minimum atomic E-state index is -0.676. The van der Waals surface area contributed by atoms with Gasteiger partial charge < -0.3 is 9.47 Å². The molecular formula is C22H27BrO3. The Bertz CT molecular complexity index is 625. The maximum atomic E-state index is 10.1. The molecule has 0 aromatic heterocycles. The van der Waals surface area contributed by atoms with Gasteiger partial charge in [-0.25, -0.2) is 4.79 Å². The third kappa shape index (κ3) is 13.0. The van der Waals surface area contributed by atoms with E-state index in [1.807, 2.05) is 18.2 Å². The monoisotopic (exact) mass is 418 g/mol. The number of hydrogen-bond acceptors (Lipinski definition) is 3. The van der Waals surface area contributed by atoms with Gasteiger partial charge in [0.05, 0.1) is 7.11 Å². The van der Waals surface area contributed by atoms with Gasteiger partial charge in [-0.3, -0.25) is 0 Å². The van der Waals surface area contributed by atoms with E-state index in [4.69, 9.17) is 0 Å². The highest BCUT2D eigenvalue weighted by molar-refractivity contribution is 9.10. The maximum Gasteiger partial charge on any atom is 0.508 e. The van der Waals surface area contributed by atoms with Gasteiger partial charge in [0.25, 0.3) is 0 Å². The van der Waals surface area contributed by atoms with E-state index in [0.717, 1.165) is 10.9 Å². The molecule has 0 fully saturated rings. The summed E-state index contributed by atoms with van der Waals surface area (Å²) in [4.78, 5) is 10.1. The minimum absolute atomic E-state index is 0.201. The van der Waals surface area contributed by atoms with Gasteiger partial charge >= 0.3 is 6.16 Å². The number of halogens is 1. The summed E-state index contributed by atoms with van der Waals surface area (Å²) in [5.74, 6) is 0. The molecule has 0 bridgehead atoms. The lowest BCUT2D eigenvalue weighted by atomic mass is 10.1. The molecule has 0 spiro atoms. The van der Waals surface area contributed by atoms with Crippen LogP contribution in [-0.4, -0.2) is 19.9 Å². The molecule has 2 aromatic rings. The van der Waals surface area contributed by atoms with E-state index in [0.29, 0.717) is 0 Å². The molecular weight excluding hydrogens is 392 g/mol. The van der Waals surface area contributed by atoms with Crippen molar-refractivity contribution in [3.63, 3.8) is 0 Å². The largest absolute Gasteiger partial charge is 0.508 e. The minimum Gasteiger partial charge on any atom is -0.438 e. The van der Waals surface area contributed by atoms with Gasteiger partial charge in [-0.05, 0) is 38.0 Å². The molecule has 0 radical (unpaired) electrons. The quantitative estimate of drug-likeness (QED) is 0.423. The number of methoxy groups -OCH3 is 1. The van der Waals surface area contributed by atoms with E-state index < -0.39 is 6.16 Å². The molecule has 2 rings (SSSR count). The second-order valence-electron chi connectivity index (χ2n) is 5.33. The van der Waals surface area contributed by atoms with Crippen LogP contribution in [0, 0.1) is 13.8 Å². The number of rotatable bonds is 4. The van der Waals surface area contributed by atoms with E-state index in [9.17, 15) is 4.79 Å². The molecule has 0 unspecified atom stereocenters. The normalized spacial score (nSPS) is 8.77. The van der Waals surface area contributed by atoms with Crippen molar-refractivity contribution in [2.75, 3.05) is 13.7 Å². The highest BCUT2D eigenvalue weighted by atomic mass is 79.9. The Morgan fingerprint density at radius 3 is 1.85 bits per heavy atom. The summed E-state index contributed by atoms with van der Waals surface area (Å²) in [6.07, 6.45) is 3.69. The van der Waals surface area contributed by atoms with E-state index in [1.165, 1.54) is 29.9 Å². The number of allylic oxidation sites excluding steroid dienone is 1. The molecule has 0 N–H and O–H groups in total. The Morgan fingerprint density at radius 1 is 0.962 bits per heavy atom. The predicted molar refractivity (Wildman–Crippen MR) is 113 cm³/mol. The van der Waals surface area contributed by atoms with Crippen LogP contribution in [0.2, 0.25) is 0 Å². The van der Waals surface area contributed by atoms with Gasteiger partial charge in [-0.1, -0.05) is 82.2 Å². The topological polar surface area (TPSA) is 35.5 Å². The third-order valence-electron chi connectivity index (χ3n) is 3.00. The molecule has 2 aromatic carbocycles. The standard InChI is InChI=1S/C10H12.C7H7Br.C5H8O3/c1-3-4-10-7-5-9(2)6-8-10;1-6-2-4-7(8)5-3-6;1-3-4-8-5(6)7-2/h3,5-8H,1,4H2,2H3;2-5H,1H3;3H,1,4H2,2H3. The highest BCUT2D eigenvalue weighted by Gasteiger charge is 1.94. The van der Waals surface area contributed by atoms with Crippen molar-refractivity contribution in [1.29, 1.82) is 0 Å². The molecule has 0 amide bonds. The van der Waals surface area contributed by atoms with Crippen molar-refractivity contribution in [3.05, 3.63) is 95.0 Å². The number of ether oxygens (including phenoxy) is 2. The zero-order valence-electron chi connectivity index (χ0n) is 15.7. The van der Waals surface area contributed by atoms with Crippen LogP contribution in [-0.2, 0) is 15.9 Å². The first-order valence-electron chi connectivity index (χ1n) is 8.13. The van der Waals surface area contributed by atoms with Crippen molar-refractivity contribution >= 4 is 22.1 Å². The molecule has 140 valence electrons. The Balaban J connectivity index is 0.000000365. The predicted octanol–water partition coefficient (Wildman–Crippen LogP) is 6.44. The molecule has 26 heavy (non-hydrogen) atoms. The molecule has 0 aliphatic heterocycles. The molecule has 0 heterocycles. The van der Waals surface area contributed by atoms with Crippen LogP contribution in [0.1, 0.15) is 16.7 Å². The summed E-state index contributed by atoms with van der Waals surface area (Å²) < 4.78 is 9.65. The van der Waals surface area contributed by atoms with Crippen LogP contribution < -0.4 is 0 Å². The number of carbonyl (C=O) groups excluding carboxylic acids is 1. The summed E-state index contributed by atoms with van der Waals surface area (Å²) in [6, 6.07) is 16.7. The van der Waals surface area contributed by atoms with Gasteiger partial charge in [-0.15, -0.1) is 6.58 Å². The number of hydrogen-bond donors (Lipinski definition) is 0. The van der Waals surface area contributed by atoms with Gasteiger partial charge in [0.2, 0.25) is 0 Å². The Kier molecular flexibility index (Phi) is 13.6. The first-order chi connectivity index (χ1) is 12.4. The fourth-order valence-electron chi connectivity index (χ4n) is 1.61. The number of aryl methyl sites for hydroxylation is 2. The second-order valence-corrected chi connectivity index (χ2v) is 6.24. The molecule has 0 aliphatic carbocycles. The Labute approximate surface area is 165 Å². The van der Waals surface area contributed by atoms with Crippen LogP contribution in [0.3, 0.4) is 0 Å². The number of carbonyl (C=O) groups is 1. The summed E-state index contributed by atoms with van der Waals surface area (Å²) in [5, 5.41) is 0. The average Bonchev–Trinajstić information content (AvgIpc) is 2.65. The van der Waals surface area contributed by atoms with Crippen LogP contribution in [0.5, 0.6) is 0 Å². The number of benzene rings is 2. The van der Waals surface area contributed by atoms with Gasteiger partial charge in [0, 0.05) is 4.47 Å². The lowest BCUT2D eigenvalue weighted by molar-refractivity contribution is 0.0818. The lowest BCUT2D eigenvalue weighted by Gasteiger charge is -1.95. The molecule has 0 aliphatic rings. The molecule has 0 saturated carbocycles. The van der Waals surface area contributed by atoms with Gasteiger partial charge in [0.1, 0.15) is 6.61 Å². The fourth-order valence-corrected chi connectivity index (χ4v) is 1.87. The Hall–Kier alpha value is -2.33. The van der Waals surface area contributed by atoms with E-state index in [-0.39, 0.29) is 6.61 Å². The van der Waals surface area contributed by atoms with Crippen LogP contribution in [0.25, 0.3) is 0 Å². The zero-order valence-corrected chi connectivity index (χ0v) is 17.3. The maximum absolute atomic E-state index is 10.1. The van der Waals surface area contributed by atoms with E-state index in [2.05, 4.69) is 88.8 Å². The van der Waals surface area contributed by atoms with Crippen molar-refractivity contribution in [1.82, 2.24) is 0 Å². The summed E-state index contributed by atoms with van der Waals surface area (Å²) in [5.41, 5.74) is 3.95. The zero-order chi connectivity index (χ0) is 19.8. The second kappa shape index (κ2) is 15.0. The van der Waals surface area contributed by atoms with Crippen molar-refractivity contribution < 1.29 is 14.3 Å². The first-order valence-corrected chi connectivity index (χ1v) is 8.92. The molecule has 4 heteroatoms. The van der Waals surface area contributed by atoms with Gasteiger partial charge in [0.15, 0.2) is 0 Å². The summed E-state index contributed by atoms with van der Waals surface area (Å²) in [6.45, 7) is 11.4. The average molecular weight is 419 g/mol. The Morgan fingerprint density at radius 2 is 1.46 bits per heavy atom. The molecule has 0 saturated heterocycles. The van der Waals surface area contributed by atoms with Crippen molar-refractivity contribution in [3.8, 4) is 0 Å². The van der Waals surface area contributed by atoms with E-state index in [1.54, 1.807) is 0 Å². The van der Waals surface area contributed by atoms with Crippen molar-refractivity contribution in [2.45, 2.75) is 20.3 Å². The van der Waals surface area contributed by atoms with Gasteiger partial charge in [-0.2, -0.15) is 0 Å². The van der Waals surface area contributed by atoms with Crippen LogP contribution in [0.4, 0.5) is 4.79 Å².